The van der Waals surface area contributed by atoms with E-state index in [1.54, 1.807) is 0 Å². The van der Waals surface area contributed by atoms with Crippen LogP contribution in [0.15, 0.2) is 60.9 Å². The number of hydrogen-bond donors (Lipinski definition) is 2. The summed E-state index contributed by atoms with van der Waals surface area (Å²) in [7, 11) is 0. The summed E-state index contributed by atoms with van der Waals surface area (Å²) in [6.07, 6.45) is 1.36. The molecule has 4 aliphatic heterocycles. The topological polar surface area (TPSA) is 100 Å². The van der Waals surface area contributed by atoms with E-state index in [-0.39, 0.29) is 5.69 Å². The maximum Gasteiger partial charge on any atom is 0.246 e. The molecule has 0 aliphatic carbocycles. The zero-order valence-electron chi connectivity index (χ0n) is 28.2. The van der Waals surface area contributed by atoms with Crippen LogP contribution in [0.25, 0.3) is 5.69 Å². The van der Waals surface area contributed by atoms with Gasteiger partial charge in [-0.15, -0.1) is 5.10 Å². The van der Waals surface area contributed by atoms with Crippen molar-refractivity contribution < 1.29 is 18.3 Å². The van der Waals surface area contributed by atoms with Crippen molar-refractivity contribution in [2.24, 2.45) is 0 Å². The summed E-state index contributed by atoms with van der Waals surface area (Å²) in [5.74, 6) is -0.784. The third kappa shape index (κ3) is 7.96. The van der Waals surface area contributed by atoms with Crippen LogP contribution in [-0.2, 0) is 9.47 Å². The fraction of sp³-hybridized carbons (Fsp3) is 0.444. The van der Waals surface area contributed by atoms with E-state index < -0.39 is 11.6 Å². The number of nitrogens with zero attached hydrogens (tertiary/aromatic N) is 7. The number of anilines is 5. The molecule has 5 heterocycles. The van der Waals surface area contributed by atoms with Crippen molar-refractivity contribution in [3.63, 3.8) is 0 Å². The first kappa shape index (κ1) is 33.2. The molecule has 1 aromatic heterocycles. The maximum atomic E-state index is 14.0. The van der Waals surface area contributed by atoms with E-state index in [0.29, 0.717) is 18.0 Å². The third-order valence-corrected chi connectivity index (χ3v) is 9.68. The quantitative estimate of drug-likeness (QED) is 0.278. The maximum absolute atomic E-state index is 14.0. The summed E-state index contributed by atoms with van der Waals surface area (Å²) in [5, 5.41) is 7.43. The SMILES string of the molecule is Cc1cc(N)cc(N2CCN(C3COC3)CC2)c1.Cc1cc(Nc2ncn(-c3cc(F)ccc3F)n2)cc(N2CCN(C3COC3)CC2)c1. The first-order valence-corrected chi connectivity index (χ1v) is 17.0. The van der Waals surface area contributed by atoms with E-state index in [9.17, 15) is 8.78 Å². The predicted octanol–water partition coefficient (Wildman–Crippen LogP) is 4.22. The highest BCUT2D eigenvalue weighted by Gasteiger charge is 2.30. The van der Waals surface area contributed by atoms with Crippen LogP contribution in [0, 0.1) is 25.5 Å². The van der Waals surface area contributed by atoms with Gasteiger partial charge in [0.05, 0.1) is 38.5 Å². The highest BCUT2D eigenvalue weighted by Crippen LogP contribution is 2.27. The number of benzene rings is 3. The van der Waals surface area contributed by atoms with Gasteiger partial charge in [-0.05, 0) is 73.5 Å². The Morgan fingerprint density at radius 1 is 0.714 bits per heavy atom. The standard InChI is InChI=1S/C22H24F2N6O.C14H21N3O/c1-15-8-17(11-18(9-15)28-4-6-29(7-5-28)19-12-31-13-19)26-22-25-14-30(27-22)21-10-16(23)2-3-20(21)24;1-11-6-12(15)8-13(7-11)16-2-4-17(5-3-16)14-9-18-10-14/h2-3,8-11,14,19H,4-7,12-13H2,1H3,(H,26,27);6-8,14H,2-5,9-10,15H2,1H3. The molecule has 3 aromatic carbocycles. The van der Waals surface area contributed by atoms with Gasteiger partial charge in [0.15, 0.2) is 0 Å². The minimum absolute atomic E-state index is 0.0141. The number of hydrogen-bond acceptors (Lipinski definition) is 10. The normalized spacial score (nSPS) is 19.2. The van der Waals surface area contributed by atoms with E-state index in [4.69, 9.17) is 15.2 Å². The summed E-state index contributed by atoms with van der Waals surface area (Å²) in [4.78, 5) is 14.0. The number of nitrogens with two attached hydrogens (primary N) is 1. The Labute approximate surface area is 286 Å². The monoisotopic (exact) mass is 673 g/mol. The highest BCUT2D eigenvalue weighted by molar-refractivity contribution is 5.64. The fourth-order valence-electron chi connectivity index (χ4n) is 6.78. The summed E-state index contributed by atoms with van der Waals surface area (Å²) in [6, 6.07) is 17.0. The highest BCUT2D eigenvalue weighted by atomic mass is 19.1. The molecule has 0 amide bonds. The van der Waals surface area contributed by atoms with Gasteiger partial charge in [-0.25, -0.2) is 13.5 Å². The first-order valence-electron chi connectivity index (χ1n) is 17.0. The van der Waals surface area contributed by atoms with Gasteiger partial charge in [-0.3, -0.25) is 9.80 Å². The Hall–Kier alpha value is -4.30. The van der Waals surface area contributed by atoms with Gasteiger partial charge in [-0.1, -0.05) is 0 Å². The number of aryl methyl sites for hydroxylation is 2. The minimum atomic E-state index is -0.566. The number of ether oxygens (including phenoxy) is 2. The molecule has 13 heteroatoms. The molecule has 3 N–H and O–H groups in total. The summed E-state index contributed by atoms with van der Waals surface area (Å²) in [5.41, 5.74) is 12.4. The van der Waals surface area contributed by atoms with E-state index in [1.807, 2.05) is 19.1 Å². The molecular formula is C36H45F2N9O2. The van der Waals surface area contributed by atoms with Crippen molar-refractivity contribution in [2.45, 2.75) is 25.9 Å². The van der Waals surface area contributed by atoms with Crippen molar-refractivity contribution in [1.29, 1.82) is 0 Å². The molecule has 0 spiro atoms. The van der Waals surface area contributed by atoms with Crippen LogP contribution < -0.4 is 20.9 Å². The lowest BCUT2D eigenvalue weighted by Crippen LogP contribution is -2.56. The average Bonchev–Trinajstić information content (AvgIpc) is 3.49. The Bertz CT molecular complexity index is 1710. The first-order chi connectivity index (χ1) is 23.8. The molecule has 0 saturated carbocycles. The van der Waals surface area contributed by atoms with E-state index in [2.05, 4.69) is 66.2 Å². The zero-order valence-corrected chi connectivity index (χ0v) is 28.2. The smallest absolute Gasteiger partial charge is 0.246 e. The molecule has 0 radical (unpaired) electrons. The molecule has 4 saturated heterocycles. The largest absolute Gasteiger partial charge is 0.399 e. The second-order valence-electron chi connectivity index (χ2n) is 13.3. The Morgan fingerprint density at radius 3 is 1.84 bits per heavy atom. The van der Waals surface area contributed by atoms with Crippen molar-refractivity contribution in [3.05, 3.63) is 83.7 Å². The molecule has 260 valence electrons. The van der Waals surface area contributed by atoms with Gasteiger partial charge in [0.2, 0.25) is 5.95 Å². The van der Waals surface area contributed by atoms with Gasteiger partial charge in [-0.2, -0.15) is 4.98 Å². The van der Waals surface area contributed by atoms with Crippen molar-refractivity contribution in [2.75, 3.05) is 99.6 Å². The lowest BCUT2D eigenvalue weighted by Gasteiger charge is -2.43. The number of nitrogens with one attached hydrogen (secondary N) is 1. The van der Waals surface area contributed by atoms with Crippen LogP contribution in [-0.4, -0.2) is 115 Å². The lowest BCUT2D eigenvalue weighted by molar-refractivity contribution is -0.0660. The van der Waals surface area contributed by atoms with Gasteiger partial charge < -0.3 is 30.3 Å². The number of halogens is 2. The van der Waals surface area contributed by atoms with Crippen LogP contribution in [0.5, 0.6) is 0 Å². The van der Waals surface area contributed by atoms with Crippen molar-refractivity contribution >= 4 is 28.7 Å². The molecule has 8 rings (SSSR count). The molecule has 11 nitrogen and oxygen atoms in total. The van der Waals surface area contributed by atoms with Gasteiger partial charge in [0.1, 0.15) is 23.6 Å². The summed E-state index contributed by atoms with van der Waals surface area (Å²) >= 11 is 0. The number of piperazine rings is 2. The number of nitrogen functional groups attached to an aromatic ring is 1. The summed E-state index contributed by atoms with van der Waals surface area (Å²) in [6.45, 7) is 16.1. The third-order valence-electron chi connectivity index (χ3n) is 9.68. The van der Waals surface area contributed by atoms with E-state index in [0.717, 1.165) is 120 Å². The van der Waals surface area contributed by atoms with Crippen molar-refractivity contribution in [3.8, 4) is 5.69 Å². The predicted molar refractivity (Wildman–Crippen MR) is 188 cm³/mol. The molecule has 49 heavy (non-hydrogen) atoms. The van der Waals surface area contributed by atoms with Crippen LogP contribution in [0.2, 0.25) is 0 Å². The van der Waals surface area contributed by atoms with Gasteiger partial charge in [0, 0.05) is 81.2 Å². The molecule has 4 aromatic rings. The van der Waals surface area contributed by atoms with Gasteiger partial charge >= 0.3 is 0 Å². The van der Waals surface area contributed by atoms with E-state index in [1.165, 1.54) is 22.3 Å². The van der Waals surface area contributed by atoms with Crippen LogP contribution in [0.3, 0.4) is 0 Å². The number of aromatic nitrogens is 3. The molecule has 4 aliphatic rings. The molecule has 4 fully saturated rings. The molecule has 0 atom stereocenters. The minimum Gasteiger partial charge on any atom is -0.399 e. The molecule has 0 bridgehead atoms. The second-order valence-corrected chi connectivity index (χ2v) is 13.3. The Kier molecular flexibility index (Phi) is 9.94. The van der Waals surface area contributed by atoms with Crippen LogP contribution >= 0.6 is 0 Å². The van der Waals surface area contributed by atoms with Gasteiger partial charge in [0.25, 0.3) is 0 Å². The summed E-state index contributed by atoms with van der Waals surface area (Å²) < 4.78 is 39.3. The zero-order chi connectivity index (χ0) is 33.9. The Morgan fingerprint density at radius 2 is 1.29 bits per heavy atom. The average molecular weight is 674 g/mol. The molecular weight excluding hydrogens is 628 g/mol. The second kappa shape index (κ2) is 14.7. The molecule has 0 unspecified atom stereocenters. The van der Waals surface area contributed by atoms with E-state index >= 15 is 0 Å². The number of rotatable bonds is 7. The van der Waals surface area contributed by atoms with Crippen LogP contribution in [0.1, 0.15) is 11.1 Å². The lowest BCUT2D eigenvalue weighted by atomic mass is 10.1. The Balaban J connectivity index is 0.000000178. The van der Waals surface area contributed by atoms with Crippen LogP contribution in [0.4, 0.5) is 37.5 Å². The fourth-order valence-corrected chi connectivity index (χ4v) is 6.78. The van der Waals surface area contributed by atoms with Crippen molar-refractivity contribution in [1.82, 2.24) is 24.6 Å².